The summed E-state index contributed by atoms with van der Waals surface area (Å²) >= 11 is 6.03. The molecule has 1 aliphatic rings. The van der Waals surface area contributed by atoms with Gasteiger partial charge >= 0.3 is 6.18 Å². The summed E-state index contributed by atoms with van der Waals surface area (Å²) in [6.07, 6.45) is -8.14. The van der Waals surface area contributed by atoms with Crippen molar-refractivity contribution in [2.75, 3.05) is 5.32 Å². The summed E-state index contributed by atoms with van der Waals surface area (Å²) in [5.41, 5.74) is 0.472. The van der Waals surface area contributed by atoms with Crippen LogP contribution in [-0.4, -0.2) is 53.1 Å². The van der Waals surface area contributed by atoms with Gasteiger partial charge in [-0.2, -0.15) is 13.2 Å². The minimum absolute atomic E-state index is 0.0737. The van der Waals surface area contributed by atoms with E-state index in [0.29, 0.717) is 6.42 Å². The van der Waals surface area contributed by atoms with Crippen LogP contribution in [0.5, 0.6) is 0 Å². The molecule has 0 bridgehead atoms. The van der Waals surface area contributed by atoms with Gasteiger partial charge in [0.25, 0.3) is 11.8 Å². The molecule has 1 aliphatic heterocycles. The molecule has 13 heteroatoms. The van der Waals surface area contributed by atoms with Gasteiger partial charge < -0.3 is 26.4 Å². The van der Waals surface area contributed by atoms with E-state index in [2.05, 4.69) is 21.3 Å². The maximum absolute atomic E-state index is 13.3. The van der Waals surface area contributed by atoms with Crippen LogP contribution >= 0.6 is 11.6 Å². The van der Waals surface area contributed by atoms with Crippen LogP contribution < -0.4 is 21.3 Å². The Hall–Kier alpha value is -3.64. The minimum Gasteiger partial charge on any atom is -0.381 e. The number of carbonyl (C=O) groups excluding carboxylic acids is 4. The van der Waals surface area contributed by atoms with E-state index in [1.807, 2.05) is 6.07 Å². The van der Waals surface area contributed by atoms with E-state index in [-0.39, 0.29) is 41.2 Å². The van der Waals surface area contributed by atoms with Gasteiger partial charge in [0.1, 0.15) is 0 Å². The zero-order valence-corrected chi connectivity index (χ0v) is 22.3. The summed E-state index contributed by atoms with van der Waals surface area (Å²) < 4.78 is 37.6. The highest BCUT2D eigenvalue weighted by atomic mass is 35.5. The number of hydrogen-bond donors (Lipinski definition) is 5. The van der Waals surface area contributed by atoms with E-state index in [9.17, 15) is 37.5 Å². The molecule has 4 atom stereocenters. The second-order valence-electron chi connectivity index (χ2n) is 9.66. The molecule has 5 N–H and O–H groups in total. The first-order valence-electron chi connectivity index (χ1n) is 12.6. The van der Waals surface area contributed by atoms with Crippen LogP contribution in [-0.2, 0) is 20.9 Å². The van der Waals surface area contributed by atoms with Crippen LogP contribution in [0.1, 0.15) is 48.5 Å². The lowest BCUT2D eigenvalue weighted by atomic mass is 9.93. The standard InChI is InChI=1S/C27H30ClF3N4O5/c1-15-11-17(24(38)33-15)12-21(23(37)26(40)32-14-16-5-3-2-4-6-16)35-25(39)19-13-18(28)7-8-20(19)34-22(36)9-10-27(29,30)31/h2-8,13,15,17,21,23,37H,9-12,14H2,1H3,(H,32,40)(H,33,38)(H,34,36)(H,35,39)/t15-,17+,21?,23?/m1/s1. The van der Waals surface area contributed by atoms with Gasteiger partial charge in [-0.1, -0.05) is 41.9 Å². The molecule has 2 aromatic rings. The Morgan fingerprint density at radius 2 is 1.85 bits per heavy atom. The minimum atomic E-state index is -4.54. The summed E-state index contributed by atoms with van der Waals surface area (Å²) in [5, 5.41) is 21.2. The molecule has 0 spiro atoms. The summed E-state index contributed by atoms with van der Waals surface area (Å²) in [4.78, 5) is 50.6. The first kappa shape index (κ1) is 30.9. The zero-order valence-electron chi connectivity index (χ0n) is 21.6. The summed E-state index contributed by atoms with van der Waals surface area (Å²) in [7, 11) is 0. The highest BCUT2D eigenvalue weighted by Gasteiger charge is 2.37. The first-order valence-corrected chi connectivity index (χ1v) is 13.0. The van der Waals surface area contributed by atoms with E-state index in [0.717, 1.165) is 5.56 Å². The third-order valence-corrected chi connectivity index (χ3v) is 6.58. The number of alkyl halides is 3. The lowest BCUT2D eigenvalue weighted by Crippen LogP contribution is -2.51. The molecule has 9 nitrogen and oxygen atoms in total. The van der Waals surface area contributed by atoms with Crippen molar-refractivity contribution in [1.82, 2.24) is 16.0 Å². The monoisotopic (exact) mass is 582 g/mol. The van der Waals surface area contributed by atoms with Gasteiger partial charge in [-0.15, -0.1) is 0 Å². The summed E-state index contributed by atoms with van der Waals surface area (Å²) in [6.45, 7) is 1.91. The van der Waals surface area contributed by atoms with Gasteiger partial charge in [-0.3, -0.25) is 19.2 Å². The Balaban J connectivity index is 1.78. The second kappa shape index (κ2) is 13.6. The molecule has 2 aromatic carbocycles. The lowest BCUT2D eigenvalue weighted by Gasteiger charge is -2.26. The van der Waals surface area contributed by atoms with Crippen molar-refractivity contribution in [3.05, 3.63) is 64.7 Å². The highest BCUT2D eigenvalue weighted by Crippen LogP contribution is 2.26. The van der Waals surface area contributed by atoms with Gasteiger partial charge in [0.05, 0.1) is 23.7 Å². The van der Waals surface area contributed by atoms with E-state index in [1.165, 1.54) is 18.2 Å². The molecule has 40 heavy (non-hydrogen) atoms. The van der Waals surface area contributed by atoms with E-state index >= 15 is 0 Å². The fourth-order valence-electron chi connectivity index (χ4n) is 4.33. The Kier molecular flexibility index (Phi) is 10.5. The van der Waals surface area contributed by atoms with Gasteiger partial charge in [0, 0.05) is 29.9 Å². The van der Waals surface area contributed by atoms with E-state index < -0.39 is 54.8 Å². The average molecular weight is 583 g/mol. The van der Waals surface area contributed by atoms with Crippen LogP contribution in [0.25, 0.3) is 0 Å². The molecule has 3 rings (SSSR count). The quantitative estimate of drug-likeness (QED) is 0.277. The molecular formula is C27H30ClF3N4O5. The molecule has 1 heterocycles. The van der Waals surface area contributed by atoms with Crippen LogP contribution in [0.2, 0.25) is 5.02 Å². The second-order valence-corrected chi connectivity index (χ2v) is 10.1. The van der Waals surface area contributed by atoms with Crippen LogP contribution in [0, 0.1) is 5.92 Å². The van der Waals surface area contributed by atoms with Crippen molar-refractivity contribution in [1.29, 1.82) is 0 Å². The molecule has 2 unspecified atom stereocenters. The number of benzene rings is 2. The van der Waals surface area contributed by atoms with Gasteiger partial charge in [0.2, 0.25) is 11.8 Å². The molecule has 216 valence electrons. The van der Waals surface area contributed by atoms with Gasteiger partial charge in [0.15, 0.2) is 6.10 Å². The Morgan fingerprint density at radius 3 is 2.48 bits per heavy atom. The number of aliphatic hydroxyl groups is 1. The normalized spacial score (nSPS) is 18.4. The molecule has 0 aliphatic carbocycles. The SMILES string of the molecule is C[C@@H]1C[C@@H](CC(NC(=O)c2cc(Cl)ccc2NC(=O)CCC(F)(F)F)C(O)C(=O)NCc2ccccc2)C(=O)N1. The number of amides is 4. The number of rotatable bonds is 11. The number of anilines is 1. The smallest absolute Gasteiger partial charge is 0.381 e. The molecule has 0 radical (unpaired) electrons. The van der Waals surface area contributed by atoms with Crippen LogP contribution in [0.3, 0.4) is 0 Å². The topological polar surface area (TPSA) is 137 Å². The van der Waals surface area contributed by atoms with Crippen molar-refractivity contribution in [2.45, 2.75) is 63.5 Å². The van der Waals surface area contributed by atoms with Crippen molar-refractivity contribution in [3.63, 3.8) is 0 Å². The predicted octanol–water partition coefficient (Wildman–Crippen LogP) is 3.31. The van der Waals surface area contributed by atoms with E-state index in [4.69, 9.17) is 11.6 Å². The molecule has 0 saturated carbocycles. The third-order valence-electron chi connectivity index (χ3n) is 6.35. The molecule has 1 saturated heterocycles. The average Bonchev–Trinajstić information content (AvgIpc) is 3.22. The number of halogens is 4. The van der Waals surface area contributed by atoms with Crippen molar-refractivity contribution >= 4 is 40.9 Å². The van der Waals surface area contributed by atoms with Crippen LogP contribution in [0.4, 0.5) is 18.9 Å². The lowest BCUT2D eigenvalue weighted by molar-refractivity contribution is -0.142. The number of hydrogen-bond acceptors (Lipinski definition) is 5. The maximum atomic E-state index is 13.3. The largest absolute Gasteiger partial charge is 0.389 e. The number of aliphatic hydroxyl groups excluding tert-OH is 1. The number of carbonyl (C=O) groups is 4. The summed E-state index contributed by atoms with van der Waals surface area (Å²) in [5.74, 6) is -3.50. The van der Waals surface area contributed by atoms with Crippen molar-refractivity contribution < 1.29 is 37.5 Å². The van der Waals surface area contributed by atoms with Crippen molar-refractivity contribution in [3.8, 4) is 0 Å². The fraction of sp³-hybridized carbons (Fsp3) is 0.407. The molecule has 0 aromatic heterocycles. The molecule has 1 fully saturated rings. The third kappa shape index (κ3) is 9.23. The summed E-state index contributed by atoms with van der Waals surface area (Å²) in [6, 6.07) is 11.4. The Bertz CT molecular complexity index is 1230. The van der Waals surface area contributed by atoms with Crippen LogP contribution in [0.15, 0.2) is 48.5 Å². The number of nitrogens with one attached hydrogen (secondary N) is 4. The first-order chi connectivity index (χ1) is 18.8. The van der Waals surface area contributed by atoms with Crippen molar-refractivity contribution in [2.24, 2.45) is 5.92 Å². The Labute approximate surface area is 233 Å². The van der Waals surface area contributed by atoms with Gasteiger partial charge in [-0.05, 0) is 43.5 Å². The van der Waals surface area contributed by atoms with E-state index in [1.54, 1.807) is 31.2 Å². The maximum Gasteiger partial charge on any atom is 0.389 e. The predicted molar refractivity (Wildman–Crippen MR) is 141 cm³/mol. The fourth-order valence-corrected chi connectivity index (χ4v) is 4.50. The molecule has 4 amide bonds. The highest BCUT2D eigenvalue weighted by molar-refractivity contribution is 6.31. The zero-order chi connectivity index (χ0) is 29.4. The van der Waals surface area contributed by atoms with Gasteiger partial charge in [-0.25, -0.2) is 0 Å². The Morgan fingerprint density at radius 1 is 1.15 bits per heavy atom. The molecular weight excluding hydrogens is 553 g/mol.